The standard InChI is InChI=1S/C8H13N3O2S2/c1-7-9-8(5-10(7)2)15(12,13)11-3-4-14-6-11/h5H,3-4,6H2,1-2H3. The van der Waals surface area contributed by atoms with Gasteiger partial charge in [0, 0.05) is 25.5 Å². The van der Waals surface area contributed by atoms with E-state index in [0.29, 0.717) is 18.2 Å². The largest absolute Gasteiger partial charge is 0.337 e. The molecule has 1 saturated heterocycles. The molecule has 0 aliphatic carbocycles. The summed E-state index contributed by atoms with van der Waals surface area (Å²) < 4.78 is 27.3. The van der Waals surface area contributed by atoms with Crippen molar-refractivity contribution in [1.82, 2.24) is 13.9 Å². The molecule has 0 bridgehead atoms. The molecule has 0 unspecified atom stereocenters. The summed E-state index contributed by atoms with van der Waals surface area (Å²) in [4.78, 5) is 4.05. The first-order valence-corrected chi connectivity index (χ1v) is 7.19. The average Bonchev–Trinajstić information content (AvgIpc) is 2.77. The number of nitrogens with zero attached hydrogens (tertiary/aromatic N) is 3. The molecule has 1 aliphatic rings. The molecule has 1 aromatic heterocycles. The van der Waals surface area contributed by atoms with Crippen LogP contribution in [-0.2, 0) is 17.1 Å². The zero-order valence-corrected chi connectivity index (χ0v) is 10.3. The molecular weight excluding hydrogens is 234 g/mol. The molecule has 0 atom stereocenters. The van der Waals surface area contributed by atoms with Crippen LogP contribution in [-0.4, -0.2) is 40.4 Å². The van der Waals surface area contributed by atoms with E-state index in [1.807, 2.05) is 0 Å². The minimum atomic E-state index is -3.36. The van der Waals surface area contributed by atoms with Crippen LogP contribution >= 0.6 is 11.8 Å². The highest BCUT2D eigenvalue weighted by Crippen LogP contribution is 2.22. The zero-order chi connectivity index (χ0) is 11.1. The van der Waals surface area contributed by atoms with Gasteiger partial charge in [-0.2, -0.15) is 4.31 Å². The van der Waals surface area contributed by atoms with Gasteiger partial charge in [-0.05, 0) is 6.92 Å². The van der Waals surface area contributed by atoms with E-state index >= 15 is 0 Å². The Hall–Kier alpha value is -0.530. The Kier molecular flexibility index (Phi) is 2.78. The Labute approximate surface area is 93.5 Å². The summed E-state index contributed by atoms with van der Waals surface area (Å²) >= 11 is 1.63. The smallest absolute Gasteiger partial charge is 0.262 e. The highest BCUT2D eigenvalue weighted by Gasteiger charge is 2.29. The van der Waals surface area contributed by atoms with Crippen molar-refractivity contribution in [2.75, 3.05) is 18.2 Å². The predicted molar refractivity (Wildman–Crippen MR) is 59.2 cm³/mol. The van der Waals surface area contributed by atoms with Crippen molar-refractivity contribution in [3.63, 3.8) is 0 Å². The lowest BCUT2D eigenvalue weighted by molar-refractivity contribution is 0.486. The lowest BCUT2D eigenvalue weighted by atomic mass is 10.7. The van der Waals surface area contributed by atoms with Gasteiger partial charge in [0.2, 0.25) is 0 Å². The summed E-state index contributed by atoms with van der Waals surface area (Å²) in [6.45, 7) is 2.38. The second-order valence-electron chi connectivity index (χ2n) is 3.46. The predicted octanol–water partition coefficient (Wildman–Crippen LogP) is 0.424. The molecule has 0 spiro atoms. The van der Waals surface area contributed by atoms with Gasteiger partial charge < -0.3 is 4.57 Å². The van der Waals surface area contributed by atoms with E-state index in [1.54, 1.807) is 36.5 Å². The van der Waals surface area contributed by atoms with Crippen LogP contribution in [0.3, 0.4) is 0 Å². The molecule has 1 aromatic rings. The molecule has 0 aromatic carbocycles. The van der Waals surface area contributed by atoms with E-state index in [2.05, 4.69) is 4.98 Å². The summed E-state index contributed by atoms with van der Waals surface area (Å²) in [6, 6.07) is 0. The van der Waals surface area contributed by atoms with Crippen LogP contribution < -0.4 is 0 Å². The number of hydrogen-bond donors (Lipinski definition) is 0. The molecule has 2 heterocycles. The zero-order valence-electron chi connectivity index (χ0n) is 8.67. The van der Waals surface area contributed by atoms with Gasteiger partial charge in [0.1, 0.15) is 5.82 Å². The lowest BCUT2D eigenvalue weighted by Gasteiger charge is -2.11. The molecule has 0 saturated carbocycles. The van der Waals surface area contributed by atoms with Gasteiger partial charge in [-0.25, -0.2) is 13.4 Å². The summed E-state index contributed by atoms with van der Waals surface area (Å²) in [5.74, 6) is 2.11. The Balaban J connectivity index is 2.36. The van der Waals surface area contributed by atoms with E-state index < -0.39 is 10.0 Å². The number of aromatic nitrogens is 2. The number of imidazole rings is 1. The third-order valence-electron chi connectivity index (χ3n) is 2.41. The molecule has 0 radical (unpaired) electrons. The average molecular weight is 247 g/mol. The normalized spacial score (nSPS) is 18.5. The third-order valence-corrected chi connectivity index (χ3v) is 5.26. The van der Waals surface area contributed by atoms with Gasteiger partial charge in [-0.3, -0.25) is 0 Å². The number of sulfonamides is 1. The highest BCUT2D eigenvalue weighted by atomic mass is 32.2. The van der Waals surface area contributed by atoms with E-state index in [1.165, 1.54) is 4.31 Å². The maximum absolute atomic E-state index is 12.0. The minimum absolute atomic E-state index is 0.157. The molecule has 1 fully saturated rings. The molecule has 0 N–H and O–H groups in total. The molecule has 7 heteroatoms. The summed E-state index contributed by atoms with van der Waals surface area (Å²) in [7, 11) is -1.57. The van der Waals surface area contributed by atoms with Crippen LogP contribution in [0, 0.1) is 6.92 Å². The fourth-order valence-electron chi connectivity index (χ4n) is 1.37. The topological polar surface area (TPSA) is 55.2 Å². The number of thioether (sulfide) groups is 1. The summed E-state index contributed by atoms with van der Waals surface area (Å²) in [6.07, 6.45) is 1.56. The molecule has 2 rings (SSSR count). The molecule has 15 heavy (non-hydrogen) atoms. The van der Waals surface area contributed by atoms with Crippen molar-refractivity contribution in [3.05, 3.63) is 12.0 Å². The van der Waals surface area contributed by atoms with E-state index in [4.69, 9.17) is 0 Å². The van der Waals surface area contributed by atoms with E-state index in [-0.39, 0.29) is 5.03 Å². The number of aryl methyl sites for hydroxylation is 2. The fourth-order valence-corrected chi connectivity index (χ4v) is 4.21. The Bertz CT molecular complexity index is 441. The minimum Gasteiger partial charge on any atom is -0.337 e. The van der Waals surface area contributed by atoms with Crippen LogP contribution in [0.2, 0.25) is 0 Å². The van der Waals surface area contributed by atoms with Gasteiger partial charge in [-0.1, -0.05) is 0 Å². The fraction of sp³-hybridized carbons (Fsp3) is 0.625. The first kappa shape index (κ1) is 11.0. The third kappa shape index (κ3) is 1.91. The van der Waals surface area contributed by atoms with Gasteiger partial charge in [-0.15, -0.1) is 11.8 Å². The molecule has 5 nitrogen and oxygen atoms in total. The second-order valence-corrected chi connectivity index (χ2v) is 6.41. The highest BCUT2D eigenvalue weighted by molar-refractivity contribution is 8.00. The van der Waals surface area contributed by atoms with Crippen molar-refractivity contribution in [1.29, 1.82) is 0 Å². The van der Waals surface area contributed by atoms with E-state index in [0.717, 1.165) is 5.75 Å². The van der Waals surface area contributed by atoms with Crippen LogP contribution in [0.15, 0.2) is 11.2 Å². The SMILES string of the molecule is Cc1nc(S(=O)(=O)N2CCSC2)cn1C. The van der Waals surface area contributed by atoms with Crippen LogP contribution in [0.4, 0.5) is 0 Å². The van der Waals surface area contributed by atoms with Gasteiger partial charge in [0.25, 0.3) is 10.0 Å². The first-order valence-electron chi connectivity index (χ1n) is 4.59. The lowest BCUT2D eigenvalue weighted by Crippen LogP contribution is -2.28. The van der Waals surface area contributed by atoms with Gasteiger partial charge in [0.15, 0.2) is 5.03 Å². The molecule has 1 aliphatic heterocycles. The van der Waals surface area contributed by atoms with Gasteiger partial charge >= 0.3 is 0 Å². The van der Waals surface area contributed by atoms with Crippen LogP contribution in [0.25, 0.3) is 0 Å². The van der Waals surface area contributed by atoms with Crippen LogP contribution in [0.1, 0.15) is 5.82 Å². The molecule has 84 valence electrons. The summed E-state index contributed by atoms with van der Waals surface area (Å²) in [5, 5.41) is 0.157. The van der Waals surface area contributed by atoms with Gasteiger partial charge in [0.05, 0.1) is 5.88 Å². The first-order chi connectivity index (χ1) is 7.01. The van der Waals surface area contributed by atoms with Crippen molar-refractivity contribution in [2.24, 2.45) is 7.05 Å². The van der Waals surface area contributed by atoms with Crippen molar-refractivity contribution in [2.45, 2.75) is 11.9 Å². The number of hydrogen-bond acceptors (Lipinski definition) is 4. The molecular formula is C8H13N3O2S2. The van der Waals surface area contributed by atoms with Crippen molar-refractivity contribution in [3.8, 4) is 0 Å². The summed E-state index contributed by atoms with van der Waals surface area (Å²) in [5.41, 5.74) is 0. The van der Waals surface area contributed by atoms with E-state index in [9.17, 15) is 8.42 Å². The second kappa shape index (κ2) is 3.80. The Morgan fingerprint density at radius 2 is 2.27 bits per heavy atom. The quantitative estimate of drug-likeness (QED) is 0.760. The maximum Gasteiger partial charge on any atom is 0.262 e. The Morgan fingerprint density at radius 3 is 2.73 bits per heavy atom. The Morgan fingerprint density at radius 1 is 1.53 bits per heavy atom. The van der Waals surface area contributed by atoms with Crippen molar-refractivity contribution >= 4 is 21.8 Å². The van der Waals surface area contributed by atoms with Crippen LogP contribution in [0.5, 0.6) is 0 Å². The molecule has 0 amide bonds. The number of rotatable bonds is 2. The maximum atomic E-state index is 12.0. The monoisotopic (exact) mass is 247 g/mol. The van der Waals surface area contributed by atoms with Crippen molar-refractivity contribution < 1.29 is 8.42 Å².